The molecule has 0 aliphatic heterocycles. The molecule has 112 valence electrons. The van der Waals surface area contributed by atoms with Crippen LogP contribution >= 0.6 is 0 Å². The maximum Gasteiger partial charge on any atom is 0.0955 e. The second-order valence-electron chi connectivity index (χ2n) is 6.90. The van der Waals surface area contributed by atoms with Crippen LogP contribution in [0.2, 0.25) is 0 Å². The molecule has 2 nitrogen and oxygen atoms in total. The summed E-state index contributed by atoms with van der Waals surface area (Å²) in [5.74, 6) is 0. The highest BCUT2D eigenvalue weighted by molar-refractivity contribution is 5.28. The summed E-state index contributed by atoms with van der Waals surface area (Å²) >= 11 is 0. The van der Waals surface area contributed by atoms with Gasteiger partial charge >= 0.3 is 0 Å². The summed E-state index contributed by atoms with van der Waals surface area (Å²) in [7, 11) is 2.00. The molecule has 0 bridgehead atoms. The number of benzene rings is 1. The fraction of sp³-hybridized carbons (Fsp3) is 0.667. The molecule has 1 saturated carbocycles. The highest BCUT2D eigenvalue weighted by atomic mass is 16.5. The Kier molecular flexibility index (Phi) is 5.22. The third kappa shape index (κ3) is 4.07. The van der Waals surface area contributed by atoms with Crippen molar-refractivity contribution in [3.05, 3.63) is 35.4 Å². The van der Waals surface area contributed by atoms with E-state index in [9.17, 15) is 0 Å². The topological polar surface area (TPSA) is 21.3 Å². The first-order valence-corrected chi connectivity index (χ1v) is 7.87. The summed E-state index contributed by atoms with van der Waals surface area (Å²) in [5.41, 5.74) is 3.15. The van der Waals surface area contributed by atoms with Crippen molar-refractivity contribution in [1.29, 1.82) is 0 Å². The number of hydrogen-bond donors (Lipinski definition) is 1. The van der Waals surface area contributed by atoms with E-state index in [1.165, 1.54) is 36.8 Å². The van der Waals surface area contributed by atoms with Crippen LogP contribution in [0.5, 0.6) is 0 Å². The summed E-state index contributed by atoms with van der Waals surface area (Å²) in [6, 6.07) is 8.58. The molecule has 1 aromatic rings. The van der Waals surface area contributed by atoms with E-state index >= 15 is 0 Å². The van der Waals surface area contributed by atoms with Gasteiger partial charge in [0.25, 0.3) is 0 Å². The van der Waals surface area contributed by atoms with Gasteiger partial charge in [0.05, 0.1) is 12.2 Å². The maximum absolute atomic E-state index is 6.43. The Labute approximate surface area is 123 Å². The van der Waals surface area contributed by atoms with Crippen molar-refractivity contribution in [3.8, 4) is 0 Å². The van der Waals surface area contributed by atoms with Crippen LogP contribution in [-0.2, 0) is 4.74 Å². The van der Waals surface area contributed by atoms with Crippen LogP contribution < -0.4 is 5.32 Å². The van der Waals surface area contributed by atoms with Crippen molar-refractivity contribution >= 4 is 0 Å². The zero-order valence-electron chi connectivity index (χ0n) is 13.4. The maximum atomic E-state index is 6.43. The molecule has 0 aromatic heterocycles. The molecule has 0 radical (unpaired) electrons. The third-order valence-electron chi connectivity index (χ3n) is 4.57. The van der Waals surface area contributed by atoms with E-state index in [0.717, 1.165) is 6.54 Å². The molecule has 0 spiro atoms. The molecule has 1 aromatic carbocycles. The van der Waals surface area contributed by atoms with Gasteiger partial charge in [-0.25, -0.2) is 0 Å². The van der Waals surface area contributed by atoms with Crippen molar-refractivity contribution in [1.82, 2.24) is 5.32 Å². The summed E-state index contributed by atoms with van der Waals surface area (Å²) in [6.45, 7) is 7.79. The van der Waals surface area contributed by atoms with E-state index < -0.39 is 0 Å². The van der Waals surface area contributed by atoms with E-state index in [4.69, 9.17) is 4.74 Å². The van der Waals surface area contributed by atoms with Crippen LogP contribution in [0.1, 0.15) is 56.8 Å². The number of nitrogens with one attached hydrogen (secondary N) is 1. The van der Waals surface area contributed by atoms with Gasteiger partial charge in [0, 0.05) is 6.54 Å². The number of rotatable bonds is 5. The predicted octanol–water partition coefficient (Wildman–Crippen LogP) is 4.24. The Hall–Kier alpha value is -0.860. The van der Waals surface area contributed by atoms with Gasteiger partial charge in [-0.1, -0.05) is 38.1 Å². The largest absolute Gasteiger partial charge is 0.369 e. The molecular formula is C18H29NO. The van der Waals surface area contributed by atoms with Crippen molar-refractivity contribution in [3.63, 3.8) is 0 Å². The molecule has 1 atom stereocenters. The third-order valence-corrected chi connectivity index (χ3v) is 4.57. The first-order chi connectivity index (χ1) is 9.52. The molecule has 1 aliphatic carbocycles. The lowest BCUT2D eigenvalue weighted by molar-refractivity contribution is -0.0456. The van der Waals surface area contributed by atoms with Crippen molar-refractivity contribution < 1.29 is 4.74 Å². The van der Waals surface area contributed by atoms with E-state index in [2.05, 4.69) is 50.4 Å². The molecule has 0 saturated heterocycles. The lowest BCUT2D eigenvalue weighted by Gasteiger charge is -2.36. The Balaban J connectivity index is 2.02. The zero-order chi connectivity index (χ0) is 14.6. The highest BCUT2D eigenvalue weighted by Crippen LogP contribution is 2.37. The van der Waals surface area contributed by atoms with Crippen molar-refractivity contribution in [2.45, 2.75) is 58.7 Å². The highest BCUT2D eigenvalue weighted by Gasteiger charge is 2.29. The van der Waals surface area contributed by atoms with Gasteiger partial charge in [0.15, 0.2) is 0 Å². The Morgan fingerprint density at radius 2 is 1.90 bits per heavy atom. The van der Waals surface area contributed by atoms with E-state index in [1.807, 2.05) is 7.05 Å². The number of aryl methyl sites for hydroxylation is 1. The quantitative estimate of drug-likeness (QED) is 0.868. The number of ether oxygens (including phenoxy) is 1. The van der Waals surface area contributed by atoms with Gasteiger partial charge in [0.2, 0.25) is 0 Å². The Morgan fingerprint density at radius 1 is 1.25 bits per heavy atom. The summed E-state index contributed by atoms with van der Waals surface area (Å²) in [5, 5.41) is 3.27. The number of likely N-dealkylation sites (N-methyl/N-ethyl adjacent to an activating group) is 1. The predicted molar refractivity (Wildman–Crippen MR) is 85.0 cm³/mol. The molecule has 2 rings (SSSR count). The first-order valence-electron chi connectivity index (χ1n) is 7.87. The Bertz CT molecular complexity index is 417. The molecule has 0 amide bonds. The van der Waals surface area contributed by atoms with Crippen LogP contribution in [0.4, 0.5) is 0 Å². The van der Waals surface area contributed by atoms with Crippen molar-refractivity contribution in [2.24, 2.45) is 5.41 Å². The van der Waals surface area contributed by atoms with E-state index in [0.29, 0.717) is 11.5 Å². The van der Waals surface area contributed by atoms with E-state index in [-0.39, 0.29) is 6.10 Å². The van der Waals surface area contributed by atoms with Gasteiger partial charge < -0.3 is 10.1 Å². The first kappa shape index (κ1) is 15.5. The average Bonchev–Trinajstić information content (AvgIpc) is 2.41. The van der Waals surface area contributed by atoms with Gasteiger partial charge in [-0.2, -0.15) is 0 Å². The minimum Gasteiger partial charge on any atom is -0.369 e. The van der Waals surface area contributed by atoms with Crippen LogP contribution in [-0.4, -0.2) is 19.7 Å². The van der Waals surface area contributed by atoms with Gasteiger partial charge in [0.1, 0.15) is 0 Å². The summed E-state index contributed by atoms with van der Waals surface area (Å²) in [4.78, 5) is 0. The molecule has 0 heterocycles. The van der Waals surface area contributed by atoms with Gasteiger partial charge in [-0.15, -0.1) is 0 Å². The standard InChI is InChI=1S/C18H29NO/c1-14-7-5-6-8-16(14)17(13-19-4)20-15-9-11-18(2,3)12-10-15/h5-8,15,17,19H,9-13H2,1-4H3. The second-order valence-corrected chi connectivity index (χ2v) is 6.90. The molecule has 1 N–H and O–H groups in total. The van der Waals surface area contributed by atoms with E-state index in [1.54, 1.807) is 0 Å². The van der Waals surface area contributed by atoms with Crippen LogP contribution in [0.25, 0.3) is 0 Å². The van der Waals surface area contributed by atoms with Crippen LogP contribution in [0.15, 0.2) is 24.3 Å². The fourth-order valence-corrected chi connectivity index (χ4v) is 3.11. The van der Waals surface area contributed by atoms with Crippen molar-refractivity contribution in [2.75, 3.05) is 13.6 Å². The summed E-state index contributed by atoms with van der Waals surface area (Å²) in [6.07, 6.45) is 5.53. The van der Waals surface area contributed by atoms with Gasteiger partial charge in [-0.05, 0) is 56.2 Å². The second kappa shape index (κ2) is 6.73. The molecular weight excluding hydrogens is 246 g/mol. The molecule has 20 heavy (non-hydrogen) atoms. The monoisotopic (exact) mass is 275 g/mol. The molecule has 1 unspecified atom stereocenters. The molecule has 1 fully saturated rings. The smallest absolute Gasteiger partial charge is 0.0955 e. The SMILES string of the molecule is CNCC(OC1CCC(C)(C)CC1)c1ccccc1C. The van der Waals surface area contributed by atoms with Crippen LogP contribution in [0.3, 0.4) is 0 Å². The van der Waals surface area contributed by atoms with Crippen LogP contribution in [0, 0.1) is 12.3 Å². The normalized spacial score (nSPS) is 20.8. The molecule has 2 heteroatoms. The lowest BCUT2D eigenvalue weighted by atomic mass is 9.76. The zero-order valence-corrected chi connectivity index (χ0v) is 13.4. The minimum atomic E-state index is 0.174. The summed E-state index contributed by atoms with van der Waals surface area (Å²) < 4.78 is 6.43. The average molecular weight is 275 g/mol. The minimum absolute atomic E-state index is 0.174. The lowest BCUT2D eigenvalue weighted by Crippen LogP contribution is -2.30. The molecule has 1 aliphatic rings. The number of hydrogen-bond acceptors (Lipinski definition) is 2. The fourth-order valence-electron chi connectivity index (χ4n) is 3.11. The Morgan fingerprint density at radius 3 is 2.50 bits per heavy atom. The van der Waals surface area contributed by atoms with Gasteiger partial charge in [-0.3, -0.25) is 0 Å².